The van der Waals surface area contributed by atoms with Gasteiger partial charge in [-0.1, -0.05) is 12.1 Å². The van der Waals surface area contributed by atoms with E-state index in [1.807, 2.05) is 0 Å². The summed E-state index contributed by atoms with van der Waals surface area (Å²) in [7, 11) is -6.13. The Morgan fingerprint density at radius 3 is 2.06 bits per heavy atom. The van der Waals surface area contributed by atoms with E-state index in [9.17, 15) is 16.8 Å². The molecule has 0 saturated heterocycles. The van der Waals surface area contributed by atoms with Crippen molar-refractivity contribution in [1.29, 1.82) is 0 Å². The topological polar surface area (TPSA) is 91.8 Å². The van der Waals surface area contributed by atoms with Gasteiger partial charge in [0.25, 0.3) is 0 Å². The molecule has 6 nitrogen and oxygen atoms in total. The van der Waals surface area contributed by atoms with E-state index in [2.05, 4.69) is 0 Å². The standard InChI is InChI=1S/C10H15NO5S2/c1-11(18(15,16)8-17(2,13)14)7-9-3-5-10(12)6-4-9/h3-6,12H,7-8H2,1-2H3. The summed E-state index contributed by atoms with van der Waals surface area (Å²) in [5.74, 6) is 0.0837. The maximum absolute atomic E-state index is 11.7. The van der Waals surface area contributed by atoms with E-state index < -0.39 is 24.9 Å². The van der Waals surface area contributed by atoms with Gasteiger partial charge in [0.2, 0.25) is 10.0 Å². The molecule has 0 fully saturated rings. The largest absolute Gasteiger partial charge is 0.508 e. The van der Waals surface area contributed by atoms with Crippen LogP contribution in [0.25, 0.3) is 0 Å². The minimum absolute atomic E-state index is 0.0537. The highest BCUT2D eigenvalue weighted by Crippen LogP contribution is 2.13. The molecule has 0 aliphatic carbocycles. The molecule has 0 bridgehead atoms. The van der Waals surface area contributed by atoms with Crippen LogP contribution in [-0.4, -0.2) is 44.6 Å². The van der Waals surface area contributed by atoms with E-state index in [-0.39, 0.29) is 12.3 Å². The molecule has 0 heterocycles. The number of aromatic hydroxyl groups is 1. The predicted molar refractivity (Wildman–Crippen MR) is 68.2 cm³/mol. The van der Waals surface area contributed by atoms with E-state index in [0.717, 1.165) is 10.6 Å². The van der Waals surface area contributed by atoms with Gasteiger partial charge in [0, 0.05) is 19.8 Å². The molecular formula is C10H15NO5S2. The van der Waals surface area contributed by atoms with Gasteiger partial charge in [0.1, 0.15) is 5.75 Å². The van der Waals surface area contributed by atoms with Crippen molar-refractivity contribution in [3.8, 4) is 5.75 Å². The molecule has 1 N–H and O–H groups in total. The van der Waals surface area contributed by atoms with Gasteiger partial charge in [0.05, 0.1) is 0 Å². The monoisotopic (exact) mass is 293 g/mol. The second kappa shape index (κ2) is 5.25. The Bertz CT molecular complexity index is 604. The van der Waals surface area contributed by atoms with E-state index in [1.165, 1.54) is 19.2 Å². The van der Waals surface area contributed by atoms with Crippen LogP contribution >= 0.6 is 0 Å². The summed E-state index contributed by atoms with van der Waals surface area (Å²) in [6.45, 7) is 0.0537. The van der Waals surface area contributed by atoms with E-state index in [4.69, 9.17) is 5.11 Å². The molecule has 0 amide bonds. The first-order valence-electron chi connectivity index (χ1n) is 5.00. The Labute approximate surface area is 107 Å². The Balaban J connectivity index is 2.82. The summed E-state index contributed by atoms with van der Waals surface area (Å²) >= 11 is 0. The normalized spacial score (nSPS) is 12.8. The van der Waals surface area contributed by atoms with Crippen LogP contribution in [0.5, 0.6) is 5.75 Å². The van der Waals surface area contributed by atoms with Gasteiger partial charge in [-0.05, 0) is 17.7 Å². The summed E-state index contributed by atoms with van der Waals surface area (Å²) in [6.07, 6.45) is 0.874. The van der Waals surface area contributed by atoms with Gasteiger partial charge in [-0.2, -0.15) is 4.31 Å². The first kappa shape index (κ1) is 14.9. The van der Waals surface area contributed by atoms with Gasteiger partial charge >= 0.3 is 0 Å². The molecule has 1 aromatic rings. The first-order valence-corrected chi connectivity index (χ1v) is 8.67. The van der Waals surface area contributed by atoms with Gasteiger partial charge in [-0.3, -0.25) is 0 Å². The summed E-state index contributed by atoms with van der Waals surface area (Å²) in [5.41, 5.74) is 0.660. The summed E-state index contributed by atoms with van der Waals surface area (Å²) in [4.78, 5) is 0. The minimum Gasteiger partial charge on any atom is -0.508 e. The molecule has 18 heavy (non-hydrogen) atoms. The molecule has 1 rings (SSSR count). The van der Waals surface area contributed by atoms with E-state index in [0.29, 0.717) is 5.56 Å². The third kappa shape index (κ3) is 4.63. The van der Waals surface area contributed by atoms with Gasteiger partial charge < -0.3 is 5.11 Å². The SMILES string of the molecule is CN(Cc1ccc(O)cc1)S(=O)(=O)CS(C)(=O)=O. The van der Waals surface area contributed by atoms with Crippen molar-refractivity contribution in [3.05, 3.63) is 29.8 Å². The lowest BCUT2D eigenvalue weighted by atomic mass is 10.2. The molecule has 0 aliphatic rings. The molecule has 0 aliphatic heterocycles. The highest BCUT2D eigenvalue weighted by atomic mass is 32.3. The van der Waals surface area contributed by atoms with E-state index in [1.54, 1.807) is 12.1 Å². The summed E-state index contributed by atoms with van der Waals surface area (Å²) in [5, 5.41) is 8.18. The summed E-state index contributed by atoms with van der Waals surface area (Å²) < 4.78 is 46.4. The quantitative estimate of drug-likeness (QED) is 0.834. The van der Waals surface area contributed by atoms with Crippen LogP contribution < -0.4 is 0 Å². The van der Waals surface area contributed by atoms with Crippen molar-refractivity contribution in [2.75, 3.05) is 18.4 Å². The predicted octanol–water partition coefficient (Wildman–Crippen LogP) is 0.156. The summed E-state index contributed by atoms with van der Waals surface area (Å²) in [6, 6.07) is 6.02. The van der Waals surface area contributed by atoms with Crippen molar-refractivity contribution in [2.45, 2.75) is 6.54 Å². The average Bonchev–Trinajstić information content (AvgIpc) is 2.17. The fourth-order valence-corrected chi connectivity index (χ4v) is 4.55. The maximum Gasteiger partial charge on any atom is 0.228 e. The number of rotatable bonds is 5. The van der Waals surface area contributed by atoms with Crippen LogP contribution in [0.2, 0.25) is 0 Å². The molecule has 0 unspecified atom stereocenters. The van der Waals surface area contributed by atoms with Crippen LogP contribution in [0.3, 0.4) is 0 Å². The zero-order chi connectivity index (χ0) is 14.0. The molecular weight excluding hydrogens is 278 g/mol. The number of phenols is 1. The molecule has 102 valence electrons. The van der Waals surface area contributed by atoms with Crippen LogP contribution in [0.15, 0.2) is 24.3 Å². The number of sulfone groups is 1. The van der Waals surface area contributed by atoms with Crippen molar-refractivity contribution in [2.24, 2.45) is 0 Å². The van der Waals surface area contributed by atoms with Crippen LogP contribution in [-0.2, 0) is 26.4 Å². The molecule has 0 aromatic heterocycles. The Kier molecular flexibility index (Phi) is 4.36. The lowest BCUT2D eigenvalue weighted by Crippen LogP contribution is -2.31. The lowest BCUT2D eigenvalue weighted by Gasteiger charge is -2.16. The number of hydrogen-bond acceptors (Lipinski definition) is 5. The van der Waals surface area contributed by atoms with Gasteiger partial charge in [-0.15, -0.1) is 0 Å². The highest BCUT2D eigenvalue weighted by molar-refractivity contribution is 8.06. The zero-order valence-corrected chi connectivity index (χ0v) is 11.7. The zero-order valence-electron chi connectivity index (χ0n) is 10.1. The first-order chi connectivity index (χ1) is 8.10. The third-order valence-electron chi connectivity index (χ3n) is 2.18. The maximum atomic E-state index is 11.7. The van der Waals surface area contributed by atoms with Crippen LogP contribution in [0, 0.1) is 0 Å². The van der Waals surface area contributed by atoms with Crippen molar-refractivity contribution in [1.82, 2.24) is 4.31 Å². The number of benzene rings is 1. The molecule has 0 saturated carbocycles. The molecule has 8 heteroatoms. The number of nitrogens with zero attached hydrogens (tertiary/aromatic N) is 1. The second-order valence-corrected chi connectivity index (χ2v) is 8.66. The highest BCUT2D eigenvalue weighted by Gasteiger charge is 2.23. The number of hydrogen-bond donors (Lipinski definition) is 1. The number of phenolic OH excluding ortho intramolecular Hbond substituents is 1. The van der Waals surface area contributed by atoms with Crippen LogP contribution in [0.1, 0.15) is 5.56 Å². The van der Waals surface area contributed by atoms with E-state index >= 15 is 0 Å². The molecule has 1 aromatic carbocycles. The average molecular weight is 293 g/mol. The second-order valence-electron chi connectivity index (χ2n) is 4.08. The van der Waals surface area contributed by atoms with Gasteiger partial charge in [-0.25, -0.2) is 16.8 Å². The Morgan fingerprint density at radius 1 is 1.11 bits per heavy atom. The minimum atomic E-state index is -3.84. The molecule has 0 atom stereocenters. The molecule has 0 radical (unpaired) electrons. The Morgan fingerprint density at radius 2 is 1.61 bits per heavy atom. The smallest absolute Gasteiger partial charge is 0.228 e. The fourth-order valence-electron chi connectivity index (χ4n) is 1.32. The van der Waals surface area contributed by atoms with Crippen molar-refractivity contribution < 1.29 is 21.9 Å². The van der Waals surface area contributed by atoms with Crippen molar-refractivity contribution >= 4 is 19.9 Å². The van der Waals surface area contributed by atoms with Crippen LogP contribution in [0.4, 0.5) is 0 Å². The Hall–Kier alpha value is -1.12. The fraction of sp³-hybridized carbons (Fsp3) is 0.400. The third-order valence-corrected chi connectivity index (χ3v) is 6.16. The molecule has 0 spiro atoms. The number of sulfonamides is 1. The van der Waals surface area contributed by atoms with Crippen molar-refractivity contribution in [3.63, 3.8) is 0 Å². The van der Waals surface area contributed by atoms with Gasteiger partial charge in [0.15, 0.2) is 14.9 Å². The lowest BCUT2D eigenvalue weighted by molar-refractivity contribution is 0.466.